The Bertz CT molecular complexity index is 900. The summed E-state index contributed by atoms with van der Waals surface area (Å²) in [5.74, 6) is -1.33. The van der Waals surface area contributed by atoms with Crippen molar-refractivity contribution < 1.29 is 18.3 Å². The van der Waals surface area contributed by atoms with Crippen molar-refractivity contribution in [3.63, 3.8) is 0 Å². The maximum Gasteiger partial charge on any atom is 0.339 e. The predicted octanol–water partition coefficient (Wildman–Crippen LogP) is 2.79. The van der Waals surface area contributed by atoms with Crippen LogP contribution in [-0.2, 0) is 10.0 Å². The zero-order chi connectivity index (χ0) is 17.4. The Morgan fingerprint density at radius 2 is 2.00 bits per heavy atom. The number of hydrogen-bond donors (Lipinski definition) is 3. The Kier molecular flexibility index (Phi) is 4.81. The number of rotatable bonds is 4. The molecule has 0 aliphatic rings. The first kappa shape index (κ1) is 17.5. The normalized spacial score (nSPS) is 11.3. The lowest BCUT2D eigenvalue weighted by molar-refractivity contribution is 0.0697. The molecular formula is C13H11Cl2N3O4S. The number of nitrogens with zero attached hydrogens (tertiary/aromatic N) is 1. The summed E-state index contributed by atoms with van der Waals surface area (Å²) in [5, 5.41) is 16.4. The highest BCUT2D eigenvalue weighted by molar-refractivity contribution is 7.89. The number of carbonyl (C=O) groups is 1. The summed E-state index contributed by atoms with van der Waals surface area (Å²) in [7, 11) is -4.21. The Balaban J connectivity index is 2.68. The van der Waals surface area contributed by atoms with E-state index in [1.54, 1.807) is 25.1 Å². The second kappa shape index (κ2) is 6.32. The van der Waals surface area contributed by atoms with Crippen LogP contribution in [0.3, 0.4) is 0 Å². The maximum atomic E-state index is 11.5. The highest BCUT2D eigenvalue weighted by atomic mass is 35.5. The number of nitrogens with one attached hydrogen (secondary N) is 1. The smallest absolute Gasteiger partial charge is 0.339 e. The number of sulfonamides is 1. The summed E-state index contributed by atoms with van der Waals surface area (Å²) < 4.78 is 23.0. The number of aromatic carboxylic acids is 1. The number of anilines is 2. The Hall–Kier alpha value is -1.87. The Morgan fingerprint density at radius 3 is 2.57 bits per heavy atom. The molecule has 2 rings (SSSR count). The second-order valence-electron chi connectivity index (χ2n) is 4.60. The van der Waals surface area contributed by atoms with E-state index < -0.39 is 26.0 Å². The van der Waals surface area contributed by atoms with Crippen LogP contribution in [0.25, 0.3) is 0 Å². The molecule has 1 aromatic carbocycles. The third-order valence-corrected chi connectivity index (χ3v) is 4.51. The highest BCUT2D eigenvalue weighted by Gasteiger charge is 2.24. The van der Waals surface area contributed by atoms with Gasteiger partial charge in [0.15, 0.2) is 5.03 Å². The van der Waals surface area contributed by atoms with Gasteiger partial charge in [0.2, 0.25) is 0 Å². The molecule has 4 N–H and O–H groups in total. The highest BCUT2D eigenvalue weighted by Crippen LogP contribution is 2.34. The van der Waals surface area contributed by atoms with Crippen LogP contribution in [-0.4, -0.2) is 24.5 Å². The molecule has 10 heteroatoms. The molecule has 0 amide bonds. The molecule has 0 unspecified atom stereocenters. The number of primary sulfonamides is 1. The minimum Gasteiger partial charge on any atom is -0.478 e. The van der Waals surface area contributed by atoms with Crippen LogP contribution in [0.4, 0.5) is 11.4 Å². The van der Waals surface area contributed by atoms with Crippen molar-refractivity contribution in [3.8, 4) is 0 Å². The monoisotopic (exact) mass is 375 g/mol. The van der Waals surface area contributed by atoms with E-state index in [1.165, 1.54) is 0 Å². The number of carboxylic acids is 1. The summed E-state index contributed by atoms with van der Waals surface area (Å²) >= 11 is 11.9. The largest absolute Gasteiger partial charge is 0.478 e. The van der Waals surface area contributed by atoms with E-state index in [0.29, 0.717) is 10.7 Å². The first-order valence-electron chi connectivity index (χ1n) is 6.09. The number of aryl methyl sites for hydroxylation is 1. The van der Waals surface area contributed by atoms with Crippen LogP contribution in [0.2, 0.25) is 10.0 Å². The van der Waals surface area contributed by atoms with E-state index in [9.17, 15) is 18.3 Å². The molecule has 0 aliphatic heterocycles. The first-order valence-corrected chi connectivity index (χ1v) is 8.39. The Labute approximate surface area is 142 Å². The number of hydrogen-bond acceptors (Lipinski definition) is 5. The van der Waals surface area contributed by atoms with Crippen molar-refractivity contribution in [1.29, 1.82) is 0 Å². The van der Waals surface area contributed by atoms with E-state index in [4.69, 9.17) is 28.3 Å². The fourth-order valence-electron chi connectivity index (χ4n) is 1.82. The van der Waals surface area contributed by atoms with Gasteiger partial charge in [-0.25, -0.2) is 23.3 Å². The average Bonchev–Trinajstić information content (AvgIpc) is 2.43. The number of halogens is 2. The van der Waals surface area contributed by atoms with Gasteiger partial charge in [0, 0.05) is 16.9 Å². The van der Waals surface area contributed by atoms with Gasteiger partial charge in [0.25, 0.3) is 10.0 Å². The quantitative estimate of drug-likeness (QED) is 0.754. The molecule has 0 fully saturated rings. The van der Waals surface area contributed by atoms with Crippen molar-refractivity contribution in [1.82, 2.24) is 4.98 Å². The SMILES string of the molecule is Cc1ccc(Cl)cc1Nc1c(C(=O)O)cnc(S(N)(=O)=O)c1Cl. The summed E-state index contributed by atoms with van der Waals surface area (Å²) in [5.41, 5.74) is 0.773. The van der Waals surface area contributed by atoms with Gasteiger partial charge in [-0.05, 0) is 24.6 Å². The zero-order valence-corrected chi connectivity index (χ0v) is 14.0. The second-order valence-corrected chi connectivity index (χ2v) is 6.89. The molecule has 0 radical (unpaired) electrons. The third kappa shape index (κ3) is 3.73. The number of benzene rings is 1. The Morgan fingerprint density at radius 1 is 1.35 bits per heavy atom. The van der Waals surface area contributed by atoms with Gasteiger partial charge in [-0.15, -0.1) is 0 Å². The molecule has 1 heterocycles. The predicted molar refractivity (Wildman–Crippen MR) is 87.1 cm³/mol. The molecule has 0 saturated carbocycles. The maximum absolute atomic E-state index is 11.5. The van der Waals surface area contributed by atoms with Crippen molar-refractivity contribution in [3.05, 3.63) is 45.6 Å². The fourth-order valence-corrected chi connectivity index (χ4v) is 3.06. The number of pyridine rings is 1. The summed E-state index contributed by atoms with van der Waals surface area (Å²) in [6, 6.07) is 4.92. The van der Waals surface area contributed by atoms with E-state index in [-0.39, 0.29) is 11.3 Å². The molecule has 0 atom stereocenters. The minimum absolute atomic E-state index is 0.136. The molecule has 122 valence electrons. The first-order chi connectivity index (χ1) is 10.6. The van der Waals surface area contributed by atoms with Crippen LogP contribution in [0.15, 0.2) is 29.4 Å². The summed E-state index contributed by atoms with van der Waals surface area (Å²) in [6.45, 7) is 1.76. The van der Waals surface area contributed by atoms with Gasteiger partial charge < -0.3 is 10.4 Å². The van der Waals surface area contributed by atoms with Crippen LogP contribution >= 0.6 is 23.2 Å². The van der Waals surface area contributed by atoms with E-state index >= 15 is 0 Å². The molecule has 7 nitrogen and oxygen atoms in total. The van der Waals surface area contributed by atoms with E-state index in [1.807, 2.05) is 0 Å². The molecule has 0 spiro atoms. The molecule has 2 aromatic rings. The van der Waals surface area contributed by atoms with Crippen molar-refractivity contribution in [2.45, 2.75) is 11.9 Å². The lowest BCUT2D eigenvalue weighted by Gasteiger charge is -2.15. The van der Waals surface area contributed by atoms with Crippen LogP contribution in [0.1, 0.15) is 15.9 Å². The van der Waals surface area contributed by atoms with Gasteiger partial charge in [-0.3, -0.25) is 0 Å². The standard InChI is InChI=1S/C13H11Cl2N3O4S/c1-6-2-3-7(14)4-9(6)18-11-8(13(19)20)5-17-12(10(11)15)23(16,21)22/h2-5H,1H3,(H,17,18)(H,19,20)(H2,16,21,22). The van der Waals surface area contributed by atoms with Gasteiger partial charge in [-0.1, -0.05) is 29.3 Å². The fraction of sp³-hybridized carbons (Fsp3) is 0.0769. The lowest BCUT2D eigenvalue weighted by Crippen LogP contribution is -2.17. The van der Waals surface area contributed by atoms with E-state index in [2.05, 4.69) is 10.3 Å². The molecule has 1 aromatic heterocycles. The third-order valence-electron chi connectivity index (χ3n) is 2.95. The van der Waals surface area contributed by atoms with Crippen molar-refractivity contribution >= 4 is 50.6 Å². The van der Waals surface area contributed by atoms with Gasteiger partial charge in [-0.2, -0.15) is 0 Å². The van der Waals surface area contributed by atoms with Gasteiger partial charge >= 0.3 is 5.97 Å². The summed E-state index contributed by atoms with van der Waals surface area (Å²) in [4.78, 5) is 14.9. The van der Waals surface area contributed by atoms with Crippen LogP contribution in [0.5, 0.6) is 0 Å². The molecular weight excluding hydrogens is 365 g/mol. The number of aromatic nitrogens is 1. The van der Waals surface area contributed by atoms with Crippen molar-refractivity contribution in [2.24, 2.45) is 5.14 Å². The van der Waals surface area contributed by atoms with Gasteiger partial charge in [0.1, 0.15) is 10.6 Å². The number of carboxylic acid groups (broad SMARTS) is 1. The average molecular weight is 376 g/mol. The molecule has 0 bridgehead atoms. The minimum atomic E-state index is -4.21. The molecule has 23 heavy (non-hydrogen) atoms. The van der Waals surface area contributed by atoms with Crippen molar-refractivity contribution in [2.75, 3.05) is 5.32 Å². The topological polar surface area (TPSA) is 122 Å². The van der Waals surface area contributed by atoms with E-state index in [0.717, 1.165) is 11.8 Å². The lowest BCUT2D eigenvalue weighted by atomic mass is 10.1. The zero-order valence-electron chi connectivity index (χ0n) is 11.7. The van der Waals surface area contributed by atoms with Crippen LogP contribution < -0.4 is 10.5 Å². The van der Waals surface area contributed by atoms with Gasteiger partial charge in [0.05, 0.1) is 5.69 Å². The number of nitrogens with two attached hydrogens (primary N) is 1. The molecule has 0 aliphatic carbocycles. The molecule has 0 saturated heterocycles. The van der Waals surface area contributed by atoms with Crippen LogP contribution in [0, 0.1) is 6.92 Å². The summed E-state index contributed by atoms with van der Waals surface area (Å²) in [6.07, 6.45) is 0.871.